The van der Waals surface area contributed by atoms with Gasteiger partial charge in [0.25, 0.3) is 6.23 Å². The molecule has 0 bridgehead atoms. The van der Waals surface area contributed by atoms with Crippen molar-refractivity contribution in [3.8, 4) is 0 Å². The first-order valence-electron chi connectivity index (χ1n) is 7.50. The summed E-state index contributed by atoms with van der Waals surface area (Å²) < 4.78 is 15.7. The first-order chi connectivity index (χ1) is 11.8. The molecule has 13 nitrogen and oxygen atoms in total. The van der Waals surface area contributed by atoms with E-state index in [2.05, 4.69) is 10.0 Å². The molecule has 0 saturated carbocycles. The third-order valence-corrected chi connectivity index (χ3v) is 4.15. The van der Waals surface area contributed by atoms with Gasteiger partial charge < -0.3 is 50.0 Å². The lowest BCUT2D eigenvalue weighted by atomic mass is 9.96. The Morgan fingerprint density at radius 3 is 2.04 bits per heavy atom. The molecule has 2 fully saturated rings. The van der Waals surface area contributed by atoms with Crippen LogP contribution < -0.4 is 4.91 Å². The van der Waals surface area contributed by atoms with Gasteiger partial charge in [-0.3, -0.25) is 0 Å². The number of aliphatic hydroxyl groups excluding tert-OH is 7. The van der Waals surface area contributed by atoms with Crippen LogP contribution in [-0.2, 0) is 14.2 Å². The molecule has 2 aliphatic rings. The van der Waals surface area contributed by atoms with Gasteiger partial charge in [0.05, 0.1) is 13.2 Å². The predicted molar refractivity (Wildman–Crippen MR) is 73.7 cm³/mol. The lowest BCUT2D eigenvalue weighted by molar-refractivity contribution is -0.341. The number of ether oxygens (including phenoxy) is 3. The Balaban J connectivity index is 2.15. The van der Waals surface area contributed by atoms with E-state index in [1.54, 1.807) is 0 Å². The van der Waals surface area contributed by atoms with Crippen LogP contribution in [0.1, 0.15) is 0 Å². The van der Waals surface area contributed by atoms with Crippen molar-refractivity contribution in [1.29, 1.82) is 5.53 Å². The number of rotatable bonds is 5. The lowest BCUT2D eigenvalue weighted by Crippen LogP contribution is -2.64. The summed E-state index contributed by atoms with van der Waals surface area (Å²) in [4.78, 5) is 2.71. The highest BCUT2D eigenvalue weighted by Gasteiger charge is 2.51. The fourth-order valence-electron chi connectivity index (χ4n) is 2.72. The summed E-state index contributed by atoms with van der Waals surface area (Å²) in [5.41, 5.74) is 6.65. The molecule has 0 aliphatic carbocycles. The van der Waals surface area contributed by atoms with Crippen molar-refractivity contribution < 1.29 is 50.0 Å². The molecule has 8 N–H and O–H groups in total. The van der Waals surface area contributed by atoms with E-state index in [-0.39, 0.29) is 0 Å². The van der Waals surface area contributed by atoms with E-state index in [9.17, 15) is 30.6 Å². The van der Waals surface area contributed by atoms with Crippen LogP contribution in [0.15, 0.2) is 5.11 Å². The number of aliphatic hydroxyl groups is 7. The maximum atomic E-state index is 10.2. The van der Waals surface area contributed by atoms with Gasteiger partial charge >= 0.3 is 0 Å². The van der Waals surface area contributed by atoms with Crippen molar-refractivity contribution in [2.75, 3.05) is 13.2 Å². The second-order valence-corrected chi connectivity index (χ2v) is 5.74. The minimum absolute atomic E-state index is 0.671. The average molecular weight is 368 g/mol. The standard InChI is InChI=1S/C12H22N3O10/c13-15-14-11-8(21)7(20)10(4(2-17)23-11)25-12-9(22)6(19)5(18)3(1-16)24-12/h3-13,16-22H,1-2H2/q+1/t3-,4-,5+,6+,7-,8-,9-,10-,11-,12+/m1/s1. The molecule has 0 aromatic heterocycles. The van der Waals surface area contributed by atoms with Crippen molar-refractivity contribution >= 4 is 0 Å². The number of hydrogen-bond donors (Lipinski definition) is 8. The molecule has 2 aliphatic heterocycles. The molecule has 2 saturated heterocycles. The highest BCUT2D eigenvalue weighted by molar-refractivity contribution is 4.94. The number of hydrogen-bond acceptors (Lipinski definition) is 12. The average Bonchev–Trinajstić information content (AvgIpc) is 2.61. The van der Waals surface area contributed by atoms with Crippen LogP contribution in [-0.4, -0.2) is 110 Å². The zero-order valence-corrected chi connectivity index (χ0v) is 12.9. The molecule has 0 aromatic rings. The zero-order valence-electron chi connectivity index (χ0n) is 12.9. The van der Waals surface area contributed by atoms with Crippen molar-refractivity contribution in [2.45, 2.75) is 61.3 Å². The van der Waals surface area contributed by atoms with E-state index in [4.69, 9.17) is 24.8 Å². The minimum Gasteiger partial charge on any atom is -0.394 e. The van der Waals surface area contributed by atoms with Gasteiger partial charge in [0, 0.05) is 0 Å². The topological polar surface area (TPSA) is 220 Å². The highest BCUT2D eigenvalue weighted by atomic mass is 16.7. The summed E-state index contributed by atoms with van der Waals surface area (Å²) >= 11 is 0. The normalized spacial score (nSPS) is 48.0. The summed E-state index contributed by atoms with van der Waals surface area (Å²) in [7, 11) is 0. The first kappa shape index (κ1) is 20.2. The van der Waals surface area contributed by atoms with Crippen molar-refractivity contribution in [3.05, 3.63) is 0 Å². The molecular formula is C12H22N3O10+. The van der Waals surface area contributed by atoms with Crippen LogP contribution >= 0.6 is 0 Å². The molecule has 0 aromatic carbocycles. The van der Waals surface area contributed by atoms with Crippen LogP contribution in [0.4, 0.5) is 0 Å². The van der Waals surface area contributed by atoms with Crippen LogP contribution in [0.25, 0.3) is 0 Å². The molecule has 2 heterocycles. The second-order valence-electron chi connectivity index (χ2n) is 5.74. The van der Waals surface area contributed by atoms with Gasteiger partial charge in [-0.05, 0) is 0 Å². The van der Waals surface area contributed by atoms with Gasteiger partial charge in [-0.25, -0.2) is 0 Å². The summed E-state index contributed by atoms with van der Waals surface area (Å²) in [5, 5.41) is 71.3. The third kappa shape index (κ3) is 4.02. The highest BCUT2D eigenvalue weighted by Crippen LogP contribution is 2.29. The molecule has 0 radical (unpaired) electrons. The molecule has 0 amide bonds. The van der Waals surface area contributed by atoms with E-state index >= 15 is 0 Å². The lowest BCUT2D eigenvalue weighted by Gasteiger charge is -2.44. The fourth-order valence-corrected chi connectivity index (χ4v) is 2.72. The van der Waals surface area contributed by atoms with E-state index in [1.165, 1.54) is 0 Å². The third-order valence-electron chi connectivity index (χ3n) is 4.15. The molecule has 2 rings (SSSR count). The maximum absolute atomic E-state index is 10.2. The Morgan fingerprint density at radius 2 is 1.48 bits per heavy atom. The van der Waals surface area contributed by atoms with Crippen LogP contribution in [0.5, 0.6) is 0 Å². The predicted octanol–water partition coefficient (Wildman–Crippen LogP) is -4.84. The van der Waals surface area contributed by atoms with Crippen molar-refractivity contribution in [2.24, 2.45) is 5.11 Å². The second kappa shape index (κ2) is 8.53. The Kier molecular flexibility index (Phi) is 6.90. The molecule has 13 heteroatoms. The van der Waals surface area contributed by atoms with Gasteiger partial charge in [-0.2, -0.15) is 0 Å². The minimum atomic E-state index is -1.73. The Hall–Kier alpha value is -1.09. The van der Waals surface area contributed by atoms with E-state index in [0.717, 1.165) is 0 Å². The summed E-state index contributed by atoms with van der Waals surface area (Å²) in [6, 6.07) is 0. The number of nitrogens with zero attached hydrogens (tertiary/aromatic N) is 2. The van der Waals surface area contributed by atoms with Crippen molar-refractivity contribution in [1.82, 2.24) is 4.91 Å². The molecule has 0 unspecified atom stereocenters. The Labute approximate surface area is 141 Å². The molecule has 144 valence electrons. The van der Waals surface area contributed by atoms with E-state index < -0.39 is 74.6 Å². The van der Waals surface area contributed by atoms with Gasteiger partial charge in [0.2, 0.25) is 4.91 Å². The van der Waals surface area contributed by atoms with Gasteiger partial charge in [0.1, 0.15) is 54.4 Å². The van der Waals surface area contributed by atoms with E-state index in [0.29, 0.717) is 0 Å². The Bertz CT molecular complexity index is 488. The first-order valence-corrected chi connectivity index (χ1v) is 7.50. The summed E-state index contributed by atoms with van der Waals surface area (Å²) in [6.45, 7) is -1.34. The SMILES string of the molecule is N=[N+]=N[C@@H]1O[C@H](CO)[C@@H](O[C@@H]2O[C@H](CO)[C@H](O)[C@H](O)[C@H]2O)[C@H](O)[C@H]1O. The van der Waals surface area contributed by atoms with Gasteiger partial charge in [0.15, 0.2) is 11.4 Å². The molecular weight excluding hydrogens is 346 g/mol. The van der Waals surface area contributed by atoms with Gasteiger partial charge in [-0.1, -0.05) is 0 Å². The number of nitrogens with one attached hydrogen (secondary N) is 1. The smallest absolute Gasteiger partial charge is 0.261 e. The molecule has 10 atom stereocenters. The molecule has 25 heavy (non-hydrogen) atoms. The van der Waals surface area contributed by atoms with Crippen molar-refractivity contribution in [3.63, 3.8) is 0 Å². The van der Waals surface area contributed by atoms with Crippen LogP contribution in [0.2, 0.25) is 0 Å². The van der Waals surface area contributed by atoms with Crippen LogP contribution in [0, 0.1) is 5.53 Å². The fraction of sp³-hybridized carbons (Fsp3) is 1.00. The monoisotopic (exact) mass is 368 g/mol. The summed E-state index contributed by atoms with van der Waals surface area (Å²) in [5.74, 6) is 0. The van der Waals surface area contributed by atoms with E-state index in [1.807, 2.05) is 0 Å². The van der Waals surface area contributed by atoms with Crippen LogP contribution in [0.3, 0.4) is 0 Å². The zero-order chi connectivity index (χ0) is 18.7. The quantitative estimate of drug-likeness (QED) is 0.171. The summed E-state index contributed by atoms with van der Waals surface area (Å²) in [6.07, 6.45) is -15.2. The maximum Gasteiger partial charge on any atom is 0.261 e. The largest absolute Gasteiger partial charge is 0.394 e. The van der Waals surface area contributed by atoms with Gasteiger partial charge in [-0.15, -0.1) is 0 Å². The molecule has 0 spiro atoms. The Morgan fingerprint density at radius 1 is 0.840 bits per heavy atom.